The van der Waals surface area contributed by atoms with Crippen LogP contribution < -0.4 is 5.73 Å². The molecule has 2 fully saturated rings. The SMILES string of the molecule is CC1(C)O[C@@H]2[C@@H](N)C(O)OC(CN=[N+]=[N-])[C@@H]2O1. The molecule has 2 aliphatic heterocycles. The lowest BCUT2D eigenvalue weighted by molar-refractivity contribution is -0.215. The Hall–Kier alpha value is -0.890. The summed E-state index contributed by atoms with van der Waals surface area (Å²) in [4.78, 5) is 2.66. The molecule has 3 N–H and O–H groups in total. The molecule has 2 aliphatic rings. The lowest BCUT2D eigenvalue weighted by Crippen LogP contribution is -2.60. The minimum Gasteiger partial charge on any atom is -0.367 e. The zero-order valence-corrected chi connectivity index (χ0v) is 9.68. The van der Waals surface area contributed by atoms with E-state index >= 15 is 0 Å². The average molecular weight is 244 g/mol. The van der Waals surface area contributed by atoms with Crippen molar-refractivity contribution in [2.45, 2.75) is 50.3 Å². The molecule has 0 amide bonds. The second-order valence-corrected chi connectivity index (χ2v) is 4.62. The second-order valence-electron chi connectivity index (χ2n) is 4.62. The van der Waals surface area contributed by atoms with Crippen LogP contribution in [0.15, 0.2) is 5.11 Å². The first-order valence-corrected chi connectivity index (χ1v) is 5.40. The third-order valence-electron chi connectivity index (χ3n) is 2.88. The first-order chi connectivity index (χ1) is 7.94. The summed E-state index contributed by atoms with van der Waals surface area (Å²) < 4.78 is 16.6. The van der Waals surface area contributed by atoms with E-state index in [-0.39, 0.29) is 6.54 Å². The lowest BCUT2D eigenvalue weighted by Gasteiger charge is -2.37. The third kappa shape index (κ3) is 2.37. The largest absolute Gasteiger partial charge is 0.367 e. The predicted molar refractivity (Wildman–Crippen MR) is 56.7 cm³/mol. The summed E-state index contributed by atoms with van der Waals surface area (Å²) in [5.41, 5.74) is 14.1. The Kier molecular flexibility index (Phi) is 3.26. The molecule has 17 heavy (non-hydrogen) atoms. The number of hydrogen-bond acceptors (Lipinski definition) is 6. The van der Waals surface area contributed by atoms with Crippen LogP contribution in [-0.2, 0) is 14.2 Å². The van der Waals surface area contributed by atoms with Crippen LogP contribution in [0, 0.1) is 0 Å². The van der Waals surface area contributed by atoms with Gasteiger partial charge in [0.1, 0.15) is 12.2 Å². The Morgan fingerprint density at radius 2 is 2.06 bits per heavy atom. The number of rotatable bonds is 2. The van der Waals surface area contributed by atoms with Crippen molar-refractivity contribution in [2.24, 2.45) is 10.8 Å². The van der Waals surface area contributed by atoms with E-state index in [9.17, 15) is 5.11 Å². The molecular formula is C9H16N4O4. The zero-order valence-electron chi connectivity index (χ0n) is 9.68. The molecule has 2 heterocycles. The van der Waals surface area contributed by atoms with E-state index in [1.807, 2.05) is 0 Å². The molecule has 0 aromatic heterocycles. The van der Waals surface area contributed by atoms with E-state index in [0.717, 1.165) is 0 Å². The van der Waals surface area contributed by atoms with E-state index in [0.29, 0.717) is 0 Å². The highest BCUT2D eigenvalue weighted by Gasteiger charge is 2.53. The fourth-order valence-corrected chi connectivity index (χ4v) is 2.18. The molecule has 0 spiro atoms. The van der Waals surface area contributed by atoms with E-state index in [1.165, 1.54) is 0 Å². The maximum Gasteiger partial charge on any atom is 0.172 e. The third-order valence-corrected chi connectivity index (χ3v) is 2.88. The maximum absolute atomic E-state index is 9.65. The van der Waals surface area contributed by atoms with E-state index in [1.54, 1.807) is 13.8 Å². The molecule has 2 saturated heterocycles. The highest BCUT2D eigenvalue weighted by Crippen LogP contribution is 2.36. The highest BCUT2D eigenvalue weighted by atomic mass is 16.8. The number of azide groups is 1. The molecule has 2 unspecified atom stereocenters. The first-order valence-electron chi connectivity index (χ1n) is 5.40. The van der Waals surface area contributed by atoms with Crippen molar-refractivity contribution in [1.29, 1.82) is 0 Å². The fraction of sp³-hybridized carbons (Fsp3) is 1.00. The molecule has 5 atom stereocenters. The van der Waals surface area contributed by atoms with Gasteiger partial charge < -0.3 is 25.1 Å². The Morgan fingerprint density at radius 1 is 1.41 bits per heavy atom. The molecule has 0 aromatic rings. The van der Waals surface area contributed by atoms with Crippen molar-refractivity contribution in [3.63, 3.8) is 0 Å². The monoisotopic (exact) mass is 244 g/mol. The van der Waals surface area contributed by atoms with Gasteiger partial charge in [0.05, 0.1) is 18.7 Å². The number of hydrogen-bond donors (Lipinski definition) is 2. The van der Waals surface area contributed by atoms with Crippen LogP contribution >= 0.6 is 0 Å². The Morgan fingerprint density at radius 3 is 2.71 bits per heavy atom. The van der Waals surface area contributed by atoms with Crippen molar-refractivity contribution in [3.05, 3.63) is 10.4 Å². The Labute approximate surface area is 98.3 Å². The van der Waals surface area contributed by atoms with Gasteiger partial charge in [0, 0.05) is 4.91 Å². The quantitative estimate of drug-likeness (QED) is 0.397. The number of fused-ring (bicyclic) bond motifs is 1. The first kappa shape index (κ1) is 12.6. The van der Waals surface area contributed by atoms with Gasteiger partial charge >= 0.3 is 0 Å². The minimum atomic E-state index is -1.15. The van der Waals surface area contributed by atoms with Gasteiger partial charge in [0.15, 0.2) is 12.1 Å². The Balaban J connectivity index is 2.17. The van der Waals surface area contributed by atoms with Gasteiger partial charge in [-0.1, -0.05) is 5.11 Å². The van der Waals surface area contributed by atoms with Gasteiger partial charge in [-0.15, -0.1) is 0 Å². The number of nitrogens with two attached hydrogens (primary N) is 1. The van der Waals surface area contributed by atoms with Crippen LogP contribution in [0.4, 0.5) is 0 Å². The van der Waals surface area contributed by atoms with Crippen LogP contribution in [0.2, 0.25) is 0 Å². The molecule has 0 bridgehead atoms. The molecule has 2 rings (SSSR count). The predicted octanol–water partition coefficient (Wildman–Crippen LogP) is -0.139. The van der Waals surface area contributed by atoms with Crippen molar-refractivity contribution in [2.75, 3.05) is 6.54 Å². The molecule has 0 aromatic carbocycles. The molecule has 8 nitrogen and oxygen atoms in total. The van der Waals surface area contributed by atoms with E-state index in [2.05, 4.69) is 10.0 Å². The van der Waals surface area contributed by atoms with Crippen molar-refractivity contribution < 1.29 is 19.3 Å². The molecule has 96 valence electrons. The summed E-state index contributed by atoms with van der Waals surface area (Å²) in [6, 6.07) is -0.677. The van der Waals surface area contributed by atoms with Gasteiger partial charge in [-0.25, -0.2) is 0 Å². The number of nitrogens with zero attached hydrogens (tertiary/aromatic N) is 3. The summed E-state index contributed by atoms with van der Waals surface area (Å²) in [5, 5.41) is 13.1. The summed E-state index contributed by atoms with van der Waals surface area (Å²) in [6.07, 6.45) is -2.60. The van der Waals surface area contributed by atoms with Gasteiger partial charge in [-0.3, -0.25) is 0 Å². The maximum atomic E-state index is 9.65. The van der Waals surface area contributed by atoms with Crippen molar-refractivity contribution >= 4 is 0 Å². The van der Waals surface area contributed by atoms with E-state index < -0.39 is 36.4 Å². The van der Waals surface area contributed by atoms with Crippen LogP contribution in [0.3, 0.4) is 0 Å². The average Bonchev–Trinajstić information content (AvgIpc) is 2.58. The van der Waals surface area contributed by atoms with Crippen molar-refractivity contribution in [3.8, 4) is 0 Å². The van der Waals surface area contributed by atoms with Crippen LogP contribution in [0.1, 0.15) is 13.8 Å². The molecule has 0 aliphatic carbocycles. The molecule has 0 radical (unpaired) electrons. The van der Waals surface area contributed by atoms with Gasteiger partial charge in [-0.05, 0) is 19.4 Å². The molecular weight excluding hydrogens is 228 g/mol. The summed E-state index contributed by atoms with van der Waals surface area (Å²) in [6.45, 7) is 3.59. The van der Waals surface area contributed by atoms with Crippen LogP contribution in [0.25, 0.3) is 10.4 Å². The van der Waals surface area contributed by atoms with Crippen LogP contribution in [0.5, 0.6) is 0 Å². The summed E-state index contributed by atoms with van der Waals surface area (Å²) in [7, 11) is 0. The summed E-state index contributed by atoms with van der Waals surface area (Å²) in [5.74, 6) is -0.783. The zero-order chi connectivity index (χ0) is 12.6. The number of aliphatic hydroxyl groups is 1. The highest BCUT2D eigenvalue weighted by molar-refractivity contribution is 4.98. The van der Waals surface area contributed by atoms with Crippen molar-refractivity contribution in [1.82, 2.24) is 0 Å². The minimum absolute atomic E-state index is 0.0703. The van der Waals surface area contributed by atoms with Gasteiger partial charge in [0.2, 0.25) is 0 Å². The smallest absolute Gasteiger partial charge is 0.172 e. The second kappa shape index (κ2) is 4.41. The standard InChI is InChI=1S/C9H16N4O4/c1-9(2)16-6-4(3-12-13-11)15-8(14)5(10)7(6)17-9/h4-8,14H,3,10H2,1-2H3/t4?,5-,6+,7-,8?/m1/s1. The van der Waals surface area contributed by atoms with Crippen LogP contribution in [-0.4, -0.2) is 48.1 Å². The van der Waals surface area contributed by atoms with E-state index in [4.69, 9.17) is 25.5 Å². The normalized spacial score (nSPS) is 43.9. The Bertz CT molecular complexity index is 344. The lowest BCUT2D eigenvalue weighted by atomic mass is 9.98. The molecule has 0 saturated carbocycles. The van der Waals surface area contributed by atoms with Gasteiger partial charge in [0.25, 0.3) is 0 Å². The topological polar surface area (TPSA) is 123 Å². The number of aliphatic hydroxyl groups excluding tert-OH is 1. The molecule has 8 heteroatoms. The fourth-order valence-electron chi connectivity index (χ4n) is 2.18. The summed E-state index contributed by atoms with van der Waals surface area (Å²) >= 11 is 0. The number of ether oxygens (including phenoxy) is 3. The van der Waals surface area contributed by atoms with Gasteiger partial charge in [-0.2, -0.15) is 0 Å².